The van der Waals surface area contributed by atoms with Crippen LogP contribution < -0.4 is 0 Å². The van der Waals surface area contributed by atoms with Crippen molar-refractivity contribution in [3.05, 3.63) is 70.8 Å². The van der Waals surface area contributed by atoms with Crippen LogP contribution in [0.4, 0.5) is 8.78 Å². The zero-order chi connectivity index (χ0) is 17.9. The number of carbonyl (C=O) groups excluding carboxylic acids is 1. The summed E-state index contributed by atoms with van der Waals surface area (Å²) < 4.78 is 31.9. The van der Waals surface area contributed by atoms with Crippen LogP contribution in [0, 0.1) is 0 Å². The van der Waals surface area contributed by atoms with E-state index in [1.54, 1.807) is 24.3 Å². The molecule has 2 aromatic rings. The van der Waals surface area contributed by atoms with Crippen LogP contribution in [0.1, 0.15) is 53.7 Å². The van der Waals surface area contributed by atoms with E-state index in [1.165, 1.54) is 19.2 Å². The van der Waals surface area contributed by atoms with Gasteiger partial charge in [0.05, 0.1) is 18.6 Å². The zero-order valence-corrected chi connectivity index (χ0v) is 14.3. The van der Waals surface area contributed by atoms with Crippen LogP contribution >= 0.6 is 0 Å². The molecule has 0 bridgehead atoms. The van der Waals surface area contributed by atoms with E-state index in [4.69, 9.17) is 0 Å². The normalized spacial score (nSPS) is 13.0. The Labute approximate surface area is 141 Å². The minimum absolute atomic E-state index is 0.0268. The average Bonchev–Trinajstić information content (AvgIpc) is 2.54. The highest BCUT2D eigenvalue weighted by molar-refractivity contribution is 5.89. The van der Waals surface area contributed by atoms with Crippen LogP contribution in [0.5, 0.6) is 0 Å². The van der Waals surface area contributed by atoms with E-state index in [9.17, 15) is 13.6 Å². The van der Waals surface area contributed by atoms with Gasteiger partial charge in [-0.05, 0) is 34.2 Å². The van der Waals surface area contributed by atoms with Gasteiger partial charge >= 0.3 is 5.97 Å². The van der Waals surface area contributed by atoms with Gasteiger partial charge in [-0.3, -0.25) is 0 Å². The van der Waals surface area contributed by atoms with Gasteiger partial charge in [0.15, 0.2) is 0 Å². The first kappa shape index (κ1) is 18.1. The molecule has 0 saturated heterocycles. The Morgan fingerprint density at radius 2 is 1.38 bits per heavy atom. The third kappa shape index (κ3) is 3.99. The van der Waals surface area contributed by atoms with Crippen molar-refractivity contribution in [2.75, 3.05) is 7.11 Å². The van der Waals surface area contributed by atoms with Crippen molar-refractivity contribution in [2.24, 2.45) is 0 Å². The number of rotatable bonds is 4. The molecule has 0 radical (unpaired) electrons. The average molecular weight is 332 g/mol. The molecule has 0 amide bonds. The monoisotopic (exact) mass is 332 g/mol. The summed E-state index contributed by atoms with van der Waals surface area (Å²) in [6.07, 6.45) is -2.53. The highest BCUT2D eigenvalue weighted by atomic mass is 19.3. The summed E-state index contributed by atoms with van der Waals surface area (Å²) in [4.78, 5) is 11.5. The summed E-state index contributed by atoms with van der Waals surface area (Å²) >= 11 is 0. The maximum absolute atomic E-state index is 13.6. The smallest absolute Gasteiger partial charge is 0.337 e. The van der Waals surface area contributed by atoms with Gasteiger partial charge in [0, 0.05) is 0 Å². The molecule has 2 rings (SSSR count). The van der Waals surface area contributed by atoms with Gasteiger partial charge in [0.1, 0.15) is 0 Å². The molecule has 4 heteroatoms. The van der Waals surface area contributed by atoms with E-state index in [0.717, 1.165) is 5.56 Å². The minimum atomic E-state index is -2.53. The molecule has 0 aliphatic rings. The predicted molar refractivity (Wildman–Crippen MR) is 90.8 cm³/mol. The van der Waals surface area contributed by atoms with Crippen molar-refractivity contribution in [3.63, 3.8) is 0 Å². The standard InChI is InChI=1S/C20H22F2O2/c1-20(2,3)16-11-9-14(10-12-16)17(18(21)22)13-5-7-15(8-6-13)19(23)24-4/h5-12,17-18H,1-4H3. The first-order valence-corrected chi connectivity index (χ1v) is 7.81. The first-order valence-electron chi connectivity index (χ1n) is 7.81. The van der Waals surface area contributed by atoms with Crippen molar-refractivity contribution in [3.8, 4) is 0 Å². The van der Waals surface area contributed by atoms with Crippen LogP contribution in [0.3, 0.4) is 0 Å². The summed E-state index contributed by atoms with van der Waals surface area (Å²) in [5.74, 6) is -1.50. The van der Waals surface area contributed by atoms with Crippen LogP contribution in [0.15, 0.2) is 48.5 Å². The fourth-order valence-corrected chi connectivity index (χ4v) is 2.62. The summed E-state index contributed by atoms with van der Waals surface area (Å²) in [5.41, 5.74) is 2.45. The molecule has 2 aromatic carbocycles. The third-order valence-electron chi connectivity index (χ3n) is 4.08. The van der Waals surface area contributed by atoms with Gasteiger partial charge in [-0.15, -0.1) is 0 Å². The lowest BCUT2D eigenvalue weighted by molar-refractivity contribution is 0.0600. The highest BCUT2D eigenvalue weighted by Crippen LogP contribution is 2.32. The number of hydrogen-bond acceptors (Lipinski definition) is 2. The van der Waals surface area contributed by atoms with E-state index < -0.39 is 18.3 Å². The molecule has 0 N–H and O–H groups in total. The molecule has 0 heterocycles. The molecule has 24 heavy (non-hydrogen) atoms. The van der Waals surface area contributed by atoms with Crippen LogP contribution in [-0.4, -0.2) is 19.5 Å². The second-order valence-corrected chi connectivity index (χ2v) is 6.80. The summed E-state index contributed by atoms with van der Waals surface area (Å²) in [6.45, 7) is 6.24. The fraction of sp³-hybridized carbons (Fsp3) is 0.350. The van der Waals surface area contributed by atoms with E-state index in [-0.39, 0.29) is 5.41 Å². The molecular formula is C20H22F2O2. The lowest BCUT2D eigenvalue weighted by Crippen LogP contribution is -2.14. The maximum Gasteiger partial charge on any atom is 0.337 e. The van der Waals surface area contributed by atoms with Crippen molar-refractivity contribution in [1.82, 2.24) is 0 Å². The number of benzene rings is 2. The SMILES string of the molecule is COC(=O)c1ccc(C(c2ccc(C(C)(C)C)cc2)C(F)F)cc1. The number of methoxy groups -OCH3 is 1. The topological polar surface area (TPSA) is 26.3 Å². The molecule has 128 valence electrons. The maximum atomic E-state index is 13.6. The molecule has 0 aliphatic heterocycles. The molecule has 0 aromatic heterocycles. The Morgan fingerprint density at radius 3 is 1.75 bits per heavy atom. The lowest BCUT2D eigenvalue weighted by Gasteiger charge is -2.22. The number of carbonyl (C=O) groups is 1. The molecule has 1 unspecified atom stereocenters. The van der Waals surface area contributed by atoms with Crippen molar-refractivity contribution < 1.29 is 18.3 Å². The quantitative estimate of drug-likeness (QED) is 0.722. The second kappa shape index (κ2) is 7.12. The Bertz CT molecular complexity index is 683. The number of hydrogen-bond donors (Lipinski definition) is 0. The van der Waals surface area contributed by atoms with E-state index in [0.29, 0.717) is 16.7 Å². The van der Waals surface area contributed by atoms with E-state index in [1.807, 2.05) is 12.1 Å². The number of esters is 1. The van der Waals surface area contributed by atoms with E-state index >= 15 is 0 Å². The largest absolute Gasteiger partial charge is 0.465 e. The van der Waals surface area contributed by atoms with Crippen molar-refractivity contribution >= 4 is 5.97 Å². The van der Waals surface area contributed by atoms with Gasteiger partial charge in [-0.25, -0.2) is 13.6 Å². The first-order chi connectivity index (χ1) is 11.2. The molecular weight excluding hydrogens is 310 g/mol. The number of halogens is 2. The second-order valence-electron chi connectivity index (χ2n) is 6.80. The van der Waals surface area contributed by atoms with Gasteiger partial charge in [0.2, 0.25) is 6.43 Å². The lowest BCUT2D eigenvalue weighted by atomic mass is 9.84. The number of alkyl halides is 2. The molecule has 0 spiro atoms. The van der Waals surface area contributed by atoms with Gasteiger partial charge in [-0.1, -0.05) is 57.2 Å². The fourth-order valence-electron chi connectivity index (χ4n) is 2.62. The summed E-state index contributed by atoms with van der Waals surface area (Å²) in [6, 6.07) is 13.4. The summed E-state index contributed by atoms with van der Waals surface area (Å²) in [5, 5.41) is 0. The van der Waals surface area contributed by atoms with Crippen molar-refractivity contribution in [1.29, 1.82) is 0 Å². The molecule has 1 atom stereocenters. The Balaban J connectivity index is 2.34. The van der Waals surface area contributed by atoms with Crippen LogP contribution in [-0.2, 0) is 10.2 Å². The number of ether oxygens (including phenoxy) is 1. The third-order valence-corrected chi connectivity index (χ3v) is 4.08. The van der Waals surface area contributed by atoms with Crippen LogP contribution in [0.2, 0.25) is 0 Å². The Kier molecular flexibility index (Phi) is 5.37. The zero-order valence-electron chi connectivity index (χ0n) is 14.3. The van der Waals surface area contributed by atoms with Gasteiger partial charge < -0.3 is 4.74 Å². The Hall–Kier alpha value is -2.23. The van der Waals surface area contributed by atoms with Crippen LogP contribution in [0.25, 0.3) is 0 Å². The van der Waals surface area contributed by atoms with Crippen molar-refractivity contribution in [2.45, 2.75) is 38.5 Å². The molecule has 0 aliphatic carbocycles. The highest BCUT2D eigenvalue weighted by Gasteiger charge is 2.25. The minimum Gasteiger partial charge on any atom is -0.465 e. The molecule has 2 nitrogen and oxygen atoms in total. The summed E-state index contributed by atoms with van der Waals surface area (Å²) in [7, 11) is 1.29. The van der Waals surface area contributed by atoms with E-state index in [2.05, 4.69) is 25.5 Å². The molecule has 0 saturated carbocycles. The van der Waals surface area contributed by atoms with Gasteiger partial charge in [-0.2, -0.15) is 0 Å². The predicted octanol–water partition coefficient (Wildman–Crippen LogP) is 5.17. The Morgan fingerprint density at radius 1 is 0.917 bits per heavy atom. The van der Waals surface area contributed by atoms with Gasteiger partial charge in [0.25, 0.3) is 0 Å². The molecule has 0 fully saturated rings.